The molecule has 2 amide bonds. The van der Waals surface area contributed by atoms with Crippen molar-refractivity contribution >= 4 is 29.5 Å². The number of rotatable bonds is 5. The van der Waals surface area contributed by atoms with Crippen molar-refractivity contribution in [2.75, 3.05) is 11.6 Å². The van der Waals surface area contributed by atoms with Gasteiger partial charge in [0.15, 0.2) is 0 Å². The Kier molecular flexibility index (Phi) is 5.43. The number of carbonyl (C=O) groups is 3. The Morgan fingerprint density at radius 2 is 2.05 bits per heavy atom. The van der Waals surface area contributed by atoms with Crippen LogP contribution in [0.3, 0.4) is 0 Å². The molecular formula is C15H18N2O4S. The highest BCUT2D eigenvalue weighted by molar-refractivity contribution is 7.99. The predicted molar refractivity (Wildman–Crippen MR) is 83.3 cm³/mol. The molecule has 118 valence electrons. The van der Waals surface area contributed by atoms with Crippen LogP contribution in [0.2, 0.25) is 0 Å². The van der Waals surface area contributed by atoms with Crippen LogP contribution in [-0.2, 0) is 20.8 Å². The van der Waals surface area contributed by atoms with Crippen LogP contribution >= 0.6 is 11.8 Å². The van der Waals surface area contributed by atoms with Crippen molar-refractivity contribution < 1.29 is 19.5 Å². The van der Waals surface area contributed by atoms with Crippen LogP contribution in [0.4, 0.5) is 0 Å². The summed E-state index contributed by atoms with van der Waals surface area (Å²) in [6.45, 7) is 1.41. The molecular weight excluding hydrogens is 304 g/mol. The fourth-order valence-corrected chi connectivity index (χ4v) is 3.51. The minimum Gasteiger partial charge on any atom is -0.480 e. The van der Waals surface area contributed by atoms with Gasteiger partial charge in [0.1, 0.15) is 12.1 Å². The van der Waals surface area contributed by atoms with Crippen molar-refractivity contribution in [2.45, 2.75) is 25.4 Å². The first-order valence-electron chi connectivity index (χ1n) is 6.91. The molecule has 1 aliphatic rings. The van der Waals surface area contributed by atoms with Crippen LogP contribution in [0.15, 0.2) is 30.3 Å². The van der Waals surface area contributed by atoms with Gasteiger partial charge in [-0.2, -0.15) is 0 Å². The Balaban J connectivity index is 2.03. The van der Waals surface area contributed by atoms with Gasteiger partial charge in [-0.15, -0.1) is 11.8 Å². The highest BCUT2D eigenvalue weighted by Gasteiger charge is 2.34. The van der Waals surface area contributed by atoms with Gasteiger partial charge in [-0.05, 0) is 5.56 Å². The third-order valence-electron chi connectivity index (χ3n) is 3.49. The molecule has 1 fully saturated rings. The highest BCUT2D eigenvalue weighted by Crippen LogP contribution is 2.21. The molecule has 6 nitrogen and oxygen atoms in total. The van der Waals surface area contributed by atoms with E-state index >= 15 is 0 Å². The lowest BCUT2D eigenvalue weighted by molar-refractivity contribution is -0.143. The molecule has 0 bridgehead atoms. The highest BCUT2D eigenvalue weighted by atomic mass is 32.2. The number of thioether (sulfide) groups is 1. The van der Waals surface area contributed by atoms with E-state index in [2.05, 4.69) is 5.32 Å². The quantitative estimate of drug-likeness (QED) is 0.834. The smallest absolute Gasteiger partial charge is 0.326 e. The average molecular weight is 322 g/mol. The minimum atomic E-state index is -1.09. The molecule has 0 spiro atoms. The molecule has 2 N–H and O–H groups in total. The molecule has 1 heterocycles. The number of hydrogen-bond acceptors (Lipinski definition) is 4. The van der Waals surface area contributed by atoms with E-state index in [0.29, 0.717) is 11.6 Å². The first kappa shape index (κ1) is 16.4. The van der Waals surface area contributed by atoms with E-state index in [1.54, 1.807) is 0 Å². The van der Waals surface area contributed by atoms with E-state index in [0.717, 1.165) is 5.56 Å². The molecule has 2 atom stereocenters. The fraction of sp³-hybridized carbons (Fsp3) is 0.400. The Hall–Kier alpha value is -2.02. The van der Waals surface area contributed by atoms with Crippen LogP contribution in [-0.4, -0.2) is 51.5 Å². The summed E-state index contributed by atoms with van der Waals surface area (Å²) in [5, 5.41) is 11.8. The number of carboxylic acids is 1. The Morgan fingerprint density at radius 3 is 2.64 bits per heavy atom. The maximum atomic E-state index is 12.3. The second-order valence-electron chi connectivity index (χ2n) is 5.09. The zero-order valence-electron chi connectivity index (χ0n) is 12.2. The second-order valence-corrected chi connectivity index (χ2v) is 6.09. The monoisotopic (exact) mass is 322 g/mol. The summed E-state index contributed by atoms with van der Waals surface area (Å²) in [6, 6.07) is 7.51. The molecule has 0 aliphatic carbocycles. The van der Waals surface area contributed by atoms with Gasteiger partial charge in [0, 0.05) is 19.1 Å². The summed E-state index contributed by atoms with van der Waals surface area (Å²) in [7, 11) is 0. The standard InChI is InChI=1S/C15H18N2O4S/c1-10(18)17-9-22-8-13(17)14(19)16-12(15(20)21)7-11-5-3-2-4-6-11/h2-6,12-13H,7-9H2,1H3,(H,16,19)(H,20,21)/t12-,13+/m0/s1. The van der Waals surface area contributed by atoms with Crippen molar-refractivity contribution in [1.29, 1.82) is 0 Å². The zero-order chi connectivity index (χ0) is 16.1. The minimum absolute atomic E-state index is 0.180. The van der Waals surface area contributed by atoms with Crippen LogP contribution in [0.5, 0.6) is 0 Å². The van der Waals surface area contributed by atoms with Crippen molar-refractivity contribution in [3.63, 3.8) is 0 Å². The Bertz CT molecular complexity index is 564. The van der Waals surface area contributed by atoms with E-state index in [9.17, 15) is 19.5 Å². The number of nitrogens with one attached hydrogen (secondary N) is 1. The van der Waals surface area contributed by atoms with Gasteiger partial charge in [-0.3, -0.25) is 9.59 Å². The molecule has 0 unspecified atom stereocenters. The van der Waals surface area contributed by atoms with E-state index in [-0.39, 0.29) is 12.3 Å². The molecule has 7 heteroatoms. The Labute approximate surface area is 132 Å². The summed E-state index contributed by atoms with van der Waals surface area (Å²) in [4.78, 5) is 36.6. The summed E-state index contributed by atoms with van der Waals surface area (Å²) in [6.07, 6.45) is 0.210. The number of carboxylic acid groups (broad SMARTS) is 1. The van der Waals surface area contributed by atoms with Crippen LogP contribution < -0.4 is 5.32 Å². The van der Waals surface area contributed by atoms with Gasteiger partial charge in [-0.1, -0.05) is 30.3 Å². The number of hydrogen-bond donors (Lipinski definition) is 2. The number of carbonyl (C=O) groups excluding carboxylic acids is 2. The lowest BCUT2D eigenvalue weighted by Gasteiger charge is -2.23. The number of amides is 2. The van der Waals surface area contributed by atoms with Crippen molar-refractivity contribution in [3.05, 3.63) is 35.9 Å². The van der Waals surface area contributed by atoms with E-state index in [1.807, 2.05) is 30.3 Å². The molecule has 0 radical (unpaired) electrons. The number of nitrogens with zero attached hydrogens (tertiary/aromatic N) is 1. The van der Waals surface area contributed by atoms with Crippen molar-refractivity contribution in [3.8, 4) is 0 Å². The largest absolute Gasteiger partial charge is 0.480 e. The van der Waals surface area contributed by atoms with Crippen LogP contribution in [0.25, 0.3) is 0 Å². The van der Waals surface area contributed by atoms with Gasteiger partial charge in [0.2, 0.25) is 11.8 Å². The molecule has 1 aromatic carbocycles. The molecule has 1 aromatic rings. The van der Waals surface area contributed by atoms with Crippen molar-refractivity contribution in [1.82, 2.24) is 10.2 Å². The average Bonchev–Trinajstić information content (AvgIpc) is 2.97. The first-order valence-corrected chi connectivity index (χ1v) is 8.06. The summed E-state index contributed by atoms with van der Waals surface area (Å²) in [5.41, 5.74) is 0.833. The van der Waals surface area contributed by atoms with E-state index < -0.39 is 24.0 Å². The fourth-order valence-electron chi connectivity index (χ4n) is 2.29. The number of aliphatic carboxylic acids is 1. The molecule has 0 aromatic heterocycles. The third kappa shape index (κ3) is 4.00. The molecule has 1 saturated heterocycles. The van der Waals surface area contributed by atoms with Gasteiger partial charge >= 0.3 is 5.97 Å². The Morgan fingerprint density at radius 1 is 1.36 bits per heavy atom. The van der Waals surface area contributed by atoms with Gasteiger partial charge in [0.25, 0.3) is 0 Å². The number of benzene rings is 1. The third-order valence-corrected chi connectivity index (χ3v) is 4.50. The molecule has 1 aliphatic heterocycles. The zero-order valence-corrected chi connectivity index (χ0v) is 13.0. The predicted octanol–water partition coefficient (Wildman–Crippen LogP) is 0.720. The lowest BCUT2D eigenvalue weighted by atomic mass is 10.1. The van der Waals surface area contributed by atoms with Gasteiger partial charge in [0.05, 0.1) is 5.88 Å². The molecule has 0 saturated carbocycles. The van der Waals surface area contributed by atoms with Crippen LogP contribution in [0.1, 0.15) is 12.5 Å². The molecule has 22 heavy (non-hydrogen) atoms. The van der Waals surface area contributed by atoms with E-state index in [1.165, 1.54) is 23.6 Å². The van der Waals surface area contributed by atoms with E-state index in [4.69, 9.17) is 0 Å². The second kappa shape index (κ2) is 7.31. The van der Waals surface area contributed by atoms with Gasteiger partial charge < -0.3 is 15.3 Å². The normalized spacial score (nSPS) is 18.8. The summed E-state index contributed by atoms with van der Waals surface area (Å²) >= 11 is 1.48. The van der Waals surface area contributed by atoms with Crippen molar-refractivity contribution in [2.24, 2.45) is 0 Å². The summed E-state index contributed by atoms with van der Waals surface area (Å²) in [5.74, 6) is -0.728. The molecule has 2 rings (SSSR count). The maximum Gasteiger partial charge on any atom is 0.326 e. The van der Waals surface area contributed by atoms with Crippen LogP contribution in [0, 0.1) is 0 Å². The first-order chi connectivity index (χ1) is 10.5. The topological polar surface area (TPSA) is 86.7 Å². The summed E-state index contributed by atoms with van der Waals surface area (Å²) < 4.78 is 0. The SMILES string of the molecule is CC(=O)N1CSC[C@@H]1C(=O)N[C@@H](Cc1ccccc1)C(=O)O. The van der Waals surface area contributed by atoms with Gasteiger partial charge in [-0.25, -0.2) is 4.79 Å². The lowest BCUT2D eigenvalue weighted by Crippen LogP contribution is -2.52. The maximum absolute atomic E-state index is 12.3.